The molecule has 102 valence electrons. The SMILES string of the molecule is CCC1(C)NC(=O)CN(CCc2ccncc2)C1=O. The lowest BCUT2D eigenvalue weighted by Crippen LogP contribution is -2.65. The van der Waals surface area contributed by atoms with Gasteiger partial charge in [0.05, 0.1) is 6.54 Å². The van der Waals surface area contributed by atoms with Gasteiger partial charge in [0.15, 0.2) is 0 Å². The van der Waals surface area contributed by atoms with Crippen molar-refractivity contribution in [1.29, 1.82) is 0 Å². The molecule has 1 atom stereocenters. The average molecular weight is 261 g/mol. The molecule has 0 radical (unpaired) electrons. The molecule has 0 bridgehead atoms. The van der Waals surface area contributed by atoms with E-state index in [-0.39, 0.29) is 18.4 Å². The third kappa shape index (κ3) is 2.92. The number of rotatable bonds is 4. The highest BCUT2D eigenvalue weighted by Gasteiger charge is 2.41. The van der Waals surface area contributed by atoms with Gasteiger partial charge in [0.1, 0.15) is 5.54 Å². The van der Waals surface area contributed by atoms with Crippen LogP contribution in [-0.2, 0) is 16.0 Å². The van der Waals surface area contributed by atoms with E-state index in [1.54, 1.807) is 24.2 Å². The zero-order valence-corrected chi connectivity index (χ0v) is 11.3. The number of aromatic nitrogens is 1. The predicted octanol–water partition coefficient (Wildman–Crippen LogP) is 0.751. The molecule has 2 heterocycles. The second-order valence-corrected chi connectivity index (χ2v) is 5.07. The fraction of sp³-hybridized carbons (Fsp3) is 0.500. The van der Waals surface area contributed by atoms with E-state index in [0.29, 0.717) is 13.0 Å². The van der Waals surface area contributed by atoms with Gasteiger partial charge in [0, 0.05) is 18.9 Å². The Kier molecular flexibility index (Phi) is 3.83. The van der Waals surface area contributed by atoms with Gasteiger partial charge in [-0.15, -0.1) is 0 Å². The first-order chi connectivity index (χ1) is 9.05. The molecule has 2 rings (SSSR count). The molecule has 1 aliphatic heterocycles. The second-order valence-electron chi connectivity index (χ2n) is 5.07. The second kappa shape index (κ2) is 5.38. The Bertz CT molecular complexity index is 475. The minimum Gasteiger partial charge on any atom is -0.340 e. The van der Waals surface area contributed by atoms with E-state index in [0.717, 1.165) is 12.0 Å². The maximum atomic E-state index is 12.3. The molecule has 1 N–H and O–H groups in total. The molecule has 0 spiro atoms. The van der Waals surface area contributed by atoms with E-state index in [9.17, 15) is 9.59 Å². The topological polar surface area (TPSA) is 62.3 Å². The summed E-state index contributed by atoms with van der Waals surface area (Å²) in [5.41, 5.74) is 0.361. The lowest BCUT2D eigenvalue weighted by molar-refractivity contribution is -0.149. The van der Waals surface area contributed by atoms with Crippen molar-refractivity contribution in [3.05, 3.63) is 30.1 Å². The fourth-order valence-corrected chi connectivity index (χ4v) is 2.23. The quantitative estimate of drug-likeness (QED) is 0.870. The molecule has 5 heteroatoms. The van der Waals surface area contributed by atoms with Crippen LogP contribution in [0.2, 0.25) is 0 Å². The molecule has 2 amide bonds. The van der Waals surface area contributed by atoms with Gasteiger partial charge >= 0.3 is 0 Å². The Morgan fingerprint density at radius 1 is 1.37 bits per heavy atom. The fourth-order valence-electron chi connectivity index (χ4n) is 2.23. The molecule has 1 unspecified atom stereocenters. The van der Waals surface area contributed by atoms with Gasteiger partial charge in [0.2, 0.25) is 11.8 Å². The van der Waals surface area contributed by atoms with Crippen LogP contribution < -0.4 is 5.32 Å². The van der Waals surface area contributed by atoms with Crippen molar-refractivity contribution >= 4 is 11.8 Å². The van der Waals surface area contributed by atoms with Gasteiger partial charge in [-0.2, -0.15) is 0 Å². The Balaban J connectivity index is 2.03. The van der Waals surface area contributed by atoms with Crippen molar-refractivity contribution < 1.29 is 9.59 Å². The van der Waals surface area contributed by atoms with Gasteiger partial charge < -0.3 is 10.2 Å². The normalized spacial score (nSPS) is 23.4. The number of carbonyl (C=O) groups excluding carboxylic acids is 2. The van der Waals surface area contributed by atoms with Crippen molar-refractivity contribution in [3.63, 3.8) is 0 Å². The van der Waals surface area contributed by atoms with Crippen molar-refractivity contribution in [2.45, 2.75) is 32.2 Å². The maximum absolute atomic E-state index is 12.3. The number of nitrogens with zero attached hydrogens (tertiary/aromatic N) is 2. The summed E-state index contributed by atoms with van der Waals surface area (Å²) < 4.78 is 0. The lowest BCUT2D eigenvalue weighted by atomic mass is 9.94. The highest BCUT2D eigenvalue weighted by molar-refractivity contribution is 5.97. The molecular weight excluding hydrogens is 242 g/mol. The standard InChI is InChI=1S/C14H19N3O2/c1-3-14(2)13(19)17(10-12(18)16-14)9-6-11-4-7-15-8-5-11/h4-5,7-8H,3,6,9-10H2,1-2H3,(H,16,18). The van der Waals surface area contributed by atoms with Crippen molar-refractivity contribution in [2.75, 3.05) is 13.1 Å². The zero-order chi connectivity index (χ0) is 13.9. The van der Waals surface area contributed by atoms with E-state index in [1.807, 2.05) is 19.1 Å². The molecule has 1 aromatic heterocycles. The van der Waals surface area contributed by atoms with Crippen molar-refractivity contribution in [3.8, 4) is 0 Å². The summed E-state index contributed by atoms with van der Waals surface area (Å²) in [6.45, 7) is 4.40. The first kappa shape index (κ1) is 13.5. The monoisotopic (exact) mass is 261 g/mol. The number of hydrogen-bond acceptors (Lipinski definition) is 3. The van der Waals surface area contributed by atoms with Crippen molar-refractivity contribution in [2.24, 2.45) is 0 Å². The molecule has 1 fully saturated rings. The largest absolute Gasteiger partial charge is 0.340 e. The smallest absolute Gasteiger partial charge is 0.248 e. The van der Waals surface area contributed by atoms with Gasteiger partial charge in [0.25, 0.3) is 0 Å². The number of piperazine rings is 1. The van der Waals surface area contributed by atoms with E-state index < -0.39 is 5.54 Å². The van der Waals surface area contributed by atoms with Gasteiger partial charge in [-0.25, -0.2) is 0 Å². The number of pyridine rings is 1. The van der Waals surface area contributed by atoms with Crippen LogP contribution in [0.4, 0.5) is 0 Å². The summed E-state index contributed by atoms with van der Waals surface area (Å²) in [6, 6.07) is 3.85. The summed E-state index contributed by atoms with van der Waals surface area (Å²) in [5.74, 6) is -0.0812. The average Bonchev–Trinajstić information content (AvgIpc) is 2.42. The Morgan fingerprint density at radius 3 is 2.68 bits per heavy atom. The zero-order valence-electron chi connectivity index (χ0n) is 11.3. The Hall–Kier alpha value is -1.91. The summed E-state index contributed by atoms with van der Waals surface area (Å²) in [6.07, 6.45) is 4.80. The summed E-state index contributed by atoms with van der Waals surface area (Å²) >= 11 is 0. The number of carbonyl (C=O) groups is 2. The van der Waals surface area contributed by atoms with Gasteiger partial charge in [-0.3, -0.25) is 14.6 Å². The number of nitrogens with one attached hydrogen (secondary N) is 1. The molecule has 0 aromatic carbocycles. The van der Waals surface area contributed by atoms with Crippen LogP contribution in [0, 0.1) is 0 Å². The van der Waals surface area contributed by atoms with Crippen LogP contribution in [-0.4, -0.2) is 40.3 Å². The van der Waals surface area contributed by atoms with Crippen LogP contribution in [0.15, 0.2) is 24.5 Å². The Labute approximate surface area is 113 Å². The third-order valence-electron chi connectivity index (χ3n) is 3.64. The molecule has 1 saturated heterocycles. The third-order valence-corrected chi connectivity index (χ3v) is 3.64. The molecule has 0 saturated carbocycles. The lowest BCUT2D eigenvalue weighted by Gasteiger charge is -2.39. The van der Waals surface area contributed by atoms with Crippen molar-refractivity contribution in [1.82, 2.24) is 15.2 Å². The predicted molar refractivity (Wildman–Crippen MR) is 71.4 cm³/mol. The first-order valence-corrected chi connectivity index (χ1v) is 6.54. The van der Waals surface area contributed by atoms with Gasteiger partial charge in [-0.05, 0) is 37.5 Å². The molecule has 19 heavy (non-hydrogen) atoms. The summed E-state index contributed by atoms with van der Waals surface area (Å²) in [7, 11) is 0. The highest BCUT2D eigenvalue weighted by atomic mass is 16.2. The van der Waals surface area contributed by atoms with Crippen LogP contribution in [0.3, 0.4) is 0 Å². The first-order valence-electron chi connectivity index (χ1n) is 6.54. The molecule has 0 aliphatic carbocycles. The highest BCUT2D eigenvalue weighted by Crippen LogP contribution is 2.18. The Morgan fingerprint density at radius 2 is 2.05 bits per heavy atom. The van der Waals surface area contributed by atoms with E-state index in [1.165, 1.54) is 0 Å². The summed E-state index contributed by atoms with van der Waals surface area (Å²) in [4.78, 5) is 29.6. The van der Waals surface area contributed by atoms with E-state index in [2.05, 4.69) is 10.3 Å². The summed E-state index contributed by atoms with van der Waals surface area (Å²) in [5, 5.41) is 2.78. The van der Waals surface area contributed by atoms with E-state index >= 15 is 0 Å². The van der Waals surface area contributed by atoms with Gasteiger partial charge in [-0.1, -0.05) is 6.92 Å². The molecule has 5 nitrogen and oxygen atoms in total. The molecule has 1 aromatic rings. The van der Waals surface area contributed by atoms with Crippen LogP contribution in [0.5, 0.6) is 0 Å². The minimum atomic E-state index is -0.756. The van der Waals surface area contributed by atoms with Crippen LogP contribution in [0.1, 0.15) is 25.8 Å². The van der Waals surface area contributed by atoms with Crippen LogP contribution in [0.25, 0.3) is 0 Å². The molecular formula is C14H19N3O2. The van der Waals surface area contributed by atoms with Crippen LogP contribution >= 0.6 is 0 Å². The minimum absolute atomic E-state index is 0.00339. The maximum Gasteiger partial charge on any atom is 0.248 e. The van der Waals surface area contributed by atoms with E-state index in [4.69, 9.17) is 0 Å². The molecule has 1 aliphatic rings. The number of hydrogen-bond donors (Lipinski definition) is 1. The number of amides is 2.